The van der Waals surface area contributed by atoms with Crippen molar-refractivity contribution in [2.45, 2.75) is 79.7 Å². The van der Waals surface area contributed by atoms with Crippen LogP contribution in [0.15, 0.2) is 37.1 Å². The molecule has 1 heterocycles. The Balaban J connectivity index is -0.000000510. The van der Waals surface area contributed by atoms with Crippen LogP contribution in [0.25, 0.3) is 22.7 Å². The Bertz CT molecular complexity index is 814. The van der Waals surface area contributed by atoms with E-state index in [1.165, 1.54) is 58.8 Å². The van der Waals surface area contributed by atoms with Crippen molar-refractivity contribution < 1.29 is 25.6 Å². The molecule has 2 atom stereocenters. The number of aryl methyl sites for hydroxylation is 3. The number of hydrogen-bond donors (Lipinski definition) is 0. The van der Waals surface area contributed by atoms with E-state index in [2.05, 4.69) is 84.1 Å². The number of pyridine rings is 1. The van der Waals surface area contributed by atoms with Gasteiger partial charge in [-0.3, -0.25) is 0 Å². The van der Waals surface area contributed by atoms with E-state index in [0.29, 0.717) is 5.92 Å². The molecule has 0 radical (unpaired) electrons. The van der Waals surface area contributed by atoms with Crippen molar-refractivity contribution in [1.82, 2.24) is 0 Å². The van der Waals surface area contributed by atoms with E-state index < -0.39 is 0 Å². The number of aromatic nitrogens is 1. The SMILES string of the molecule is C=C/C=C\c1c(C)c(C)c2ccc[n+](C)c2c1C.CC1CCCCC1[NH-].CCC.[CH3-].[CH3-].[Pt]. The molecule has 2 unspecified atom stereocenters. The summed E-state index contributed by atoms with van der Waals surface area (Å²) in [6, 6.07) is 4.56. The van der Waals surface area contributed by atoms with E-state index in [1.54, 1.807) is 0 Å². The monoisotopic (exact) mass is 619 g/mol. The molecule has 0 bridgehead atoms. The zero-order valence-electron chi connectivity index (χ0n) is 22.1. The first-order valence-electron chi connectivity index (χ1n) is 11.2. The largest absolute Gasteiger partial charge is 0.674 e. The van der Waals surface area contributed by atoms with Crippen LogP contribution in [0.2, 0.25) is 0 Å². The summed E-state index contributed by atoms with van der Waals surface area (Å²) in [5.74, 6) is 0.670. The summed E-state index contributed by atoms with van der Waals surface area (Å²) >= 11 is 0. The Hall–Kier alpha value is -1.24. The van der Waals surface area contributed by atoms with E-state index in [4.69, 9.17) is 5.73 Å². The van der Waals surface area contributed by atoms with Crippen LogP contribution in [-0.4, -0.2) is 6.04 Å². The zero-order chi connectivity index (χ0) is 22.0. The van der Waals surface area contributed by atoms with Crippen LogP contribution < -0.4 is 4.57 Å². The minimum Gasteiger partial charge on any atom is -0.674 e. The fraction of sp³-hybridized carbons (Fsp3) is 0.483. The Morgan fingerprint density at radius 1 is 1.06 bits per heavy atom. The third-order valence-electron chi connectivity index (χ3n) is 5.82. The minimum absolute atomic E-state index is 0. The average molecular weight is 620 g/mol. The molecule has 3 heteroatoms. The normalized spacial score (nSPS) is 16.9. The summed E-state index contributed by atoms with van der Waals surface area (Å²) in [6.07, 6.45) is 14.4. The third kappa shape index (κ3) is 9.72. The van der Waals surface area contributed by atoms with Crippen molar-refractivity contribution >= 4 is 17.0 Å². The third-order valence-corrected chi connectivity index (χ3v) is 5.82. The first-order valence-corrected chi connectivity index (χ1v) is 11.2. The fourth-order valence-corrected chi connectivity index (χ4v) is 3.92. The van der Waals surface area contributed by atoms with Crippen LogP contribution >= 0.6 is 0 Å². The number of nitrogens with zero attached hydrogens (tertiary/aromatic N) is 1. The maximum atomic E-state index is 7.48. The van der Waals surface area contributed by atoms with Crippen LogP contribution in [0.4, 0.5) is 0 Å². The van der Waals surface area contributed by atoms with Gasteiger partial charge < -0.3 is 20.6 Å². The predicted octanol–water partition coefficient (Wildman–Crippen LogP) is 8.72. The second-order valence-electron chi connectivity index (χ2n) is 8.34. The van der Waals surface area contributed by atoms with Gasteiger partial charge in [-0.25, -0.2) is 4.57 Å². The molecule has 0 aliphatic heterocycles. The number of rotatable bonds is 2. The number of allylic oxidation sites excluding steroid dienone is 2. The van der Waals surface area contributed by atoms with Crippen molar-refractivity contribution in [2.75, 3.05) is 0 Å². The molecule has 2 aromatic rings. The summed E-state index contributed by atoms with van der Waals surface area (Å²) in [5, 5.41) is 1.34. The van der Waals surface area contributed by atoms with Crippen molar-refractivity contribution in [3.63, 3.8) is 0 Å². The maximum absolute atomic E-state index is 7.48. The van der Waals surface area contributed by atoms with Crippen molar-refractivity contribution in [3.8, 4) is 0 Å². The second-order valence-corrected chi connectivity index (χ2v) is 8.34. The van der Waals surface area contributed by atoms with Crippen LogP contribution in [-0.2, 0) is 28.1 Å². The first kappa shape index (κ1) is 35.4. The molecular formula is C29H48N2Pt-2. The molecule has 2 nitrogen and oxygen atoms in total. The van der Waals surface area contributed by atoms with E-state index in [1.807, 2.05) is 12.2 Å². The van der Waals surface area contributed by atoms with Crippen molar-refractivity contribution in [3.05, 3.63) is 79.9 Å². The minimum atomic E-state index is 0. The Morgan fingerprint density at radius 3 is 2.09 bits per heavy atom. The maximum Gasteiger partial charge on any atom is 0.216 e. The van der Waals surface area contributed by atoms with Gasteiger partial charge >= 0.3 is 0 Å². The molecule has 1 N–H and O–H groups in total. The van der Waals surface area contributed by atoms with Gasteiger partial charge in [0, 0.05) is 38.1 Å². The average Bonchev–Trinajstić information content (AvgIpc) is 2.69. The summed E-state index contributed by atoms with van der Waals surface area (Å²) in [6.45, 7) is 16.8. The smallest absolute Gasteiger partial charge is 0.216 e. The molecule has 0 spiro atoms. The summed E-state index contributed by atoms with van der Waals surface area (Å²) in [5.41, 5.74) is 14.1. The number of hydrogen-bond acceptors (Lipinski definition) is 0. The summed E-state index contributed by atoms with van der Waals surface area (Å²) in [7, 11) is 2.10. The van der Waals surface area contributed by atoms with Gasteiger partial charge in [-0.05, 0) is 43.5 Å². The Labute approximate surface area is 214 Å². The molecule has 186 valence electrons. The van der Waals surface area contributed by atoms with Gasteiger partial charge in [0.1, 0.15) is 7.05 Å². The van der Waals surface area contributed by atoms with Gasteiger partial charge in [0.2, 0.25) is 5.52 Å². The van der Waals surface area contributed by atoms with Crippen LogP contribution in [0.5, 0.6) is 0 Å². The van der Waals surface area contributed by atoms with Gasteiger partial charge in [-0.2, -0.15) is 0 Å². The zero-order valence-corrected chi connectivity index (χ0v) is 24.4. The van der Waals surface area contributed by atoms with Gasteiger partial charge in [-0.15, -0.1) is 6.04 Å². The second kappa shape index (κ2) is 18.2. The van der Waals surface area contributed by atoms with Crippen LogP contribution in [0, 0.1) is 41.5 Å². The summed E-state index contributed by atoms with van der Waals surface area (Å²) < 4.78 is 2.20. The molecule has 3 rings (SSSR count). The fourth-order valence-electron chi connectivity index (χ4n) is 3.92. The molecule has 32 heavy (non-hydrogen) atoms. The van der Waals surface area contributed by atoms with Crippen LogP contribution in [0.3, 0.4) is 0 Å². The molecule has 1 aliphatic rings. The quantitative estimate of drug-likeness (QED) is 0.183. The van der Waals surface area contributed by atoms with Gasteiger partial charge in [0.15, 0.2) is 6.20 Å². The van der Waals surface area contributed by atoms with E-state index >= 15 is 0 Å². The number of benzene rings is 1. The standard InChI is InChI=1S/C17H20N.C7H14N.C3H8.2CH3.Pt/c1-6-7-9-15-12(2)13(3)16-10-8-11-18(5)17(16)14(15)4;1-6-4-2-3-5-7(6)8;1-3-2;;;/h6-11H,1H2,2-5H3;6-8H,2-5H2,1H3;3H2,1-2H3;2*1H3;/q+1;-1;;2*-1;/b9-7-;;;;;. The molecule has 0 amide bonds. The van der Waals surface area contributed by atoms with Gasteiger partial charge in [0.25, 0.3) is 0 Å². The molecule has 1 fully saturated rings. The number of fused-ring (bicyclic) bond motifs is 1. The van der Waals surface area contributed by atoms with Gasteiger partial charge in [0.05, 0.1) is 0 Å². The van der Waals surface area contributed by atoms with E-state index in [9.17, 15) is 0 Å². The first-order chi connectivity index (χ1) is 13.8. The molecule has 1 aromatic carbocycles. The summed E-state index contributed by atoms with van der Waals surface area (Å²) in [4.78, 5) is 0. The molecule has 0 saturated heterocycles. The molecular weight excluding hydrogens is 571 g/mol. The van der Waals surface area contributed by atoms with Crippen LogP contribution in [0.1, 0.15) is 75.1 Å². The van der Waals surface area contributed by atoms with Crippen molar-refractivity contribution in [1.29, 1.82) is 0 Å². The molecule has 1 aromatic heterocycles. The Kier molecular flexibility index (Phi) is 20.1. The molecule has 1 saturated carbocycles. The van der Waals surface area contributed by atoms with Gasteiger partial charge in [-0.1, -0.05) is 83.6 Å². The van der Waals surface area contributed by atoms with E-state index in [0.717, 1.165) is 6.42 Å². The molecule has 1 aliphatic carbocycles. The Morgan fingerprint density at radius 2 is 1.62 bits per heavy atom. The topological polar surface area (TPSA) is 27.7 Å². The number of nitrogens with one attached hydrogen (secondary N) is 1. The van der Waals surface area contributed by atoms with E-state index in [-0.39, 0.29) is 42.0 Å². The van der Waals surface area contributed by atoms with Crippen molar-refractivity contribution in [2.24, 2.45) is 13.0 Å². The predicted molar refractivity (Wildman–Crippen MR) is 143 cm³/mol.